The van der Waals surface area contributed by atoms with Gasteiger partial charge in [0.25, 0.3) is 0 Å². The highest BCUT2D eigenvalue weighted by Crippen LogP contribution is 2.35. The van der Waals surface area contributed by atoms with Gasteiger partial charge < -0.3 is 0 Å². The van der Waals surface area contributed by atoms with Crippen LogP contribution in [0.5, 0.6) is 0 Å². The van der Waals surface area contributed by atoms with E-state index in [4.69, 9.17) is 12.2 Å². The number of aliphatic imine (C=N–C) groups is 1. The summed E-state index contributed by atoms with van der Waals surface area (Å²) in [5.74, 6) is 0. The lowest BCUT2D eigenvalue weighted by Crippen LogP contribution is -2.29. The van der Waals surface area contributed by atoms with E-state index in [2.05, 4.69) is 17.1 Å². The first-order valence-electron chi connectivity index (χ1n) is 6.42. The van der Waals surface area contributed by atoms with Crippen LogP contribution in [0.1, 0.15) is 71.1 Å². The molecule has 1 rings (SSSR count). The molecule has 1 nitrogen and oxygen atoms in total. The molecule has 0 bridgehead atoms. The molecule has 2 heteroatoms. The van der Waals surface area contributed by atoms with Crippen LogP contribution in [0, 0.1) is 0 Å². The Hall–Kier alpha value is -0.200. The average molecular weight is 225 g/mol. The number of nitrogens with zero attached hydrogens (tertiary/aromatic N) is 1. The highest BCUT2D eigenvalue weighted by molar-refractivity contribution is 7.78. The zero-order valence-electron chi connectivity index (χ0n) is 9.93. The molecule has 0 amide bonds. The second-order valence-corrected chi connectivity index (χ2v) is 4.98. The van der Waals surface area contributed by atoms with Crippen LogP contribution < -0.4 is 0 Å². The molecule has 86 valence electrons. The van der Waals surface area contributed by atoms with Crippen molar-refractivity contribution in [3.63, 3.8) is 0 Å². The molecule has 0 aliphatic heterocycles. The minimum Gasteiger partial charge on any atom is -0.226 e. The summed E-state index contributed by atoms with van der Waals surface area (Å²) >= 11 is 4.79. The van der Waals surface area contributed by atoms with Gasteiger partial charge >= 0.3 is 0 Å². The summed E-state index contributed by atoms with van der Waals surface area (Å²) in [5.41, 5.74) is 0.188. The van der Waals surface area contributed by atoms with Crippen molar-refractivity contribution in [1.29, 1.82) is 0 Å². The standard InChI is InChI=1S/C13H23NS/c1-2-3-4-6-9-13(14-12-15)10-7-5-8-11-13/h2-11H2,1H3. The minimum atomic E-state index is 0.188. The molecule has 0 heterocycles. The van der Waals surface area contributed by atoms with Crippen molar-refractivity contribution >= 4 is 17.4 Å². The van der Waals surface area contributed by atoms with Crippen LogP contribution in [-0.2, 0) is 0 Å². The molecule has 0 aromatic carbocycles. The number of hydrogen-bond acceptors (Lipinski definition) is 2. The Morgan fingerprint density at radius 2 is 1.87 bits per heavy atom. The van der Waals surface area contributed by atoms with Crippen LogP contribution in [0.4, 0.5) is 0 Å². The van der Waals surface area contributed by atoms with Gasteiger partial charge in [0.2, 0.25) is 0 Å². The zero-order chi connectivity index (χ0) is 11.0. The number of thiocarbonyl (C=S) groups is 1. The second-order valence-electron chi connectivity index (χ2n) is 4.80. The van der Waals surface area contributed by atoms with E-state index >= 15 is 0 Å². The van der Waals surface area contributed by atoms with E-state index < -0.39 is 0 Å². The third-order valence-corrected chi connectivity index (χ3v) is 3.65. The van der Waals surface area contributed by atoms with E-state index in [1.807, 2.05) is 0 Å². The van der Waals surface area contributed by atoms with Gasteiger partial charge in [-0.1, -0.05) is 51.9 Å². The van der Waals surface area contributed by atoms with Crippen LogP contribution in [0.3, 0.4) is 0 Å². The van der Waals surface area contributed by atoms with Crippen molar-refractivity contribution in [3.8, 4) is 0 Å². The van der Waals surface area contributed by atoms with Crippen LogP contribution in [0.15, 0.2) is 4.99 Å². The molecule has 1 aliphatic carbocycles. The summed E-state index contributed by atoms with van der Waals surface area (Å²) in [5, 5.41) is 2.63. The van der Waals surface area contributed by atoms with Crippen LogP contribution in [-0.4, -0.2) is 10.7 Å². The van der Waals surface area contributed by atoms with E-state index in [-0.39, 0.29) is 5.54 Å². The van der Waals surface area contributed by atoms with Crippen molar-refractivity contribution in [2.45, 2.75) is 76.7 Å². The quantitative estimate of drug-likeness (QED) is 0.360. The van der Waals surface area contributed by atoms with Crippen LogP contribution >= 0.6 is 12.2 Å². The summed E-state index contributed by atoms with van der Waals surface area (Å²) in [6, 6.07) is 0. The predicted molar refractivity (Wildman–Crippen MR) is 69.6 cm³/mol. The summed E-state index contributed by atoms with van der Waals surface area (Å²) in [6.07, 6.45) is 13.1. The molecule has 0 unspecified atom stereocenters. The average Bonchev–Trinajstić information content (AvgIpc) is 2.26. The number of rotatable bonds is 6. The third kappa shape index (κ3) is 4.44. The maximum Gasteiger partial charge on any atom is 0.0711 e. The van der Waals surface area contributed by atoms with Gasteiger partial charge in [-0.3, -0.25) is 0 Å². The van der Waals surface area contributed by atoms with E-state index in [1.165, 1.54) is 64.2 Å². The van der Waals surface area contributed by atoms with Gasteiger partial charge in [0.05, 0.1) is 10.7 Å². The lowest BCUT2D eigenvalue weighted by atomic mass is 9.78. The molecule has 0 atom stereocenters. The fourth-order valence-electron chi connectivity index (χ4n) is 2.61. The number of isothiocyanates is 1. The van der Waals surface area contributed by atoms with E-state index in [9.17, 15) is 0 Å². The Balaban J connectivity index is 2.38. The molecular formula is C13H23NS. The van der Waals surface area contributed by atoms with Gasteiger partial charge in [-0.2, -0.15) is 0 Å². The summed E-state index contributed by atoms with van der Waals surface area (Å²) in [4.78, 5) is 4.48. The fourth-order valence-corrected chi connectivity index (χ4v) is 2.80. The first-order chi connectivity index (χ1) is 7.33. The first-order valence-corrected chi connectivity index (χ1v) is 6.83. The van der Waals surface area contributed by atoms with E-state index in [0.29, 0.717) is 0 Å². The van der Waals surface area contributed by atoms with Gasteiger partial charge in [0.15, 0.2) is 0 Å². The van der Waals surface area contributed by atoms with Crippen LogP contribution in [0.25, 0.3) is 0 Å². The highest BCUT2D eigenvalue weighted by atomic mass is 32.1. The Bertz CT molecular complexity index is 213. The van der Waals surface area contributed by atoms with Gasteiger partial charge in [-0.25, -0.2) is 4.99 Å². The van der Waals surface area contributed by atoms with Crippen molar-refractivity contribution in [2.75, 3.05) is 0 Å². The number of unbranched alkanes of at least 4 members (excludes halogenated alkanes) is 3. The van der Waals surface area contributed by atoms with Crippen molar-refractivity contribution in [3.05, 3.63) is 0 Å². The smallest absolute Gasteiger partial charge is 0.0711 e. The van der Waals surface area contributed by atoms with Gasteiger partial charge in [0.1, 0.15) is 0 Å². The molecule has 0 spiro atoms. The largest absolute Gasteiger partial charge is 0.226 e. The number of hydrogen-bond donors (Lipinski definition) is 0. The summed E-state index contributed by atoms with van der Waals surface area (Å²) in [6.45, 7) is 2.26. The third-order valence-electron chi connectivity index (χ3n) is 3.56. The monoisotopic (exact) mass is 225 g/mol. The molecule has 0 N–H and O–H groups in total. The predicted octanol–water partition coefficient (Wildman–Crippen LogP) is 4.76. The molecule has 1 fully saturated rings. The van der Waals surface area contributed by atoms with Gasteiger partial charge in [-0.05, 0) is 31.5 Å². The first kappa shape index (κ1) is 12.9. The molecule has 0 radical (unpaired) electrons. The molecule has 0 aromatic rings. The second kappa shape index (κ2) is 7.14. The fraction of sp³-hybridized carbons (Fsp3) is 0.923. The van der Waals surface area contributed by atoms with Crippen LogP contribution in [0.2, 0.25) is 0 Å². The Kier molecular flexibility index (Phi) is 6.12. The molecule has 1 saturated carbocycles. The lowest BCUT2D eigenvalue weighted by Gasteiger charge is -2.32. The maximum absolute atomic E-state index is 4.79. The minimum absolute atomic E-state index is 0.188. The molecular weight excluding hydrogens is 202 g/mol. The SMILES string of the molecule is CCCCCCC1(N=C=S)CCCCC1. The lowest BCUT2D eigenvalue weighted by molar-refractivity contribution is 0.274. The Morgan fingerprint density at radius 1 is 1.13 bits per heavy atom. The molecule has 0 saturated heterocycles. The molecule has 15 heavy (non-hydrogen) atoms. The summed E-state index contributed by atoms with van der Waals surface area (Å²) in [7, 11) is 0. The van der Waals surface area contributed by atoms with Crippen molar-refractivity contribution < 1.29 is 0 Å². The maximum atomic E-state index is 4.79. The van der Waals surface area contributed by atoms with Gasteiger partial charge in [0, 0.05) is 0 Å². The highest BCUT2D eigenvalue weighted by Gasteiger charge is 2.30. The van der Waals surface area contributed by atoms with E-state index in [1.54, 1.807) is 0 Å². The van der Waals surface area contributed by atoms with Gasteiger partial charge in [-0.15, -0.1) is 0 Å². The van der Waals surface area contributed by atoms with Crippen molar-refractivity contribution in [1.82, 2.24) is 0 Å². The summed E-state index contributed by atoms with van der Waals surface area (Å²) < 4.78 is 0. The zero-order valence-corrected chi connectivity index (χ0v) is 10.7. The van der Waals surface area contributed by atoms with E-state index in [0.717, 1.165) is 0 Å². The molecule has 1 aliphatic rings. The van der Waals surface area contributed by atoms with Crippen molar-refractivity contribution in [2.24, 2.45) is 4.99 Å². The topological polar surface area (TPSA) is 12.4 Å². The molecule has 0 aromatic heterocycles. The Labute approximate surface area is 99.4 Å². The Morgan fingerprint density at radius 3 is 2.47 bits per heavy atom. The normalized spacial score (nSPS) is 19.5.